The van der Waals surface area contributed by atoms with E-state index < -0.39 is 12.6 Å². The number of hydrogen-bond acceptors (Lipinski definition) is 1. The van der Waals surface area contributed by atoms with E-state index in [4.69, 9.17) is 0 Å². The molecule has 0 aliphatic heterocycles. The highest BCUT2D eigenvalue weighted by atomic mass is 19.4. The number of rotatable bonds is 4. The molecule has 96 valence electrons. The number of halogens is 3. The van der Waals surface area contributed by atoms with Gasteiger partial charge in [0, 0.05) is 18.5 Å². The van der Waals surface area contributed by atoms with Gasteiger partial charge in [-0.25, -0.2) is 4.79 Å². The highest BCUT2D eigenvalue weighted by Crippen LogP contribution is 2.21. The van der Waals surface area contributed by atoms with Crippen LogP contribution in [0.25, 0.3) is 0 Å². The Hall–Kier alpha value is -0.940. The van der Waals surface area contributed by atoms with Crippen LogP contribution < -0.4 is 10.6 Å². The number of hydrogen-bond donors (Lipinski definition) is 2. The number of carbonyl (C=O) groups is 1. The lowest BCUT2D eigenvalue weighted by atomic mass is 10.1. The molecular formula is C10H19F3N2O. The highest BCUT2D eigenvalue weighted by Gasteiger charge is 2.25. The van der Waals surface area contributed by atoms with Crippen molar-refractivity contribution in [3.63, 3.8) is 0 Å². The predicted octanol–water partition coefficient (Wildman–Crippen LogP) is 2.82. The normalized spacial score (nSPS) is 12.4. The van der Waals surface area contributed by atoms with Gasteiger partial charge in [-0.15, -0.1) is 0 Å². The first kappa shape index (κ1) is 15.1. The van der Waals surface area contributed by atoms with E-state index in [0.29, 0.717) is 6.42 Å². The Morgan fingerprint density at radius 2 is 1.69 bits per heavy atom. The zero-order chi connectivity index (χ0) is 12.8. The van der Waals surface area contributed by atoms with E-state index in [9.17, 15) is 18.0 Å². The summed E-state index contributed by atoms with van der Waals surface area (Å²) in [5.41, 5.74) is -0.337. The van der Waals surface area contributed by atoms with E-state index in [1.165, 1.54) is 0 Å². The third kappa shape index (κ3) is 11.1. The van der Waals surface area contributed by atoms with E-state index in [1.54, 1.807) is 0 Å². The van der Waals surface area contributed by atoms with Gasteiger partial charge >= 0.3 is 12.2 Å². The number of carbonyl (C=O) groups excluding carboxylic acids is 1. The maximum atomic E-state index is 11.8. The second-order valence-corrected chi connectivity index (χ2v) is 4.70. The van der Waals surface area contributed by atoms with Crippen molar-refractivity contribution >= 4 is 6.03 Å². The molecule has 0 bridgehead atoms. The van der Waals surface area contributed by atoms with Crippen molar-refractivity contribution in [1.82, 2.24) is 10.6 Å². The molecule has 0 saturated heterocycles. The Balaban J connectivity index is 3.50. The van der Waals surface area contributed by atoms with Crippen molar-refractivity contribution in [1.29, 1.82) is 0 Å². The van der Waals surface area contributed by atoms with Crippen molar-refractivity contribution in [2.24, 2.45) is 0 Å². The molecule has 0 fully saturated rings. The van der Waals surface area contributed by atoms with Gasteiger partial charge in [0.1, 0.15) is 0 Å². The van der Waals surface area contributed by atoms with Gasteiger partial charge in [0.25, 0.3) is 0 Å². The molecule has 0 rings (SSSR count). The average molecular weight is 240 g/mol. The summed E-state index contributed by atoms with van der Waals surface area (Å²) in [6.45, 7) is 5.75. The van der Waals surface area contributed by atoms with Gasteiger partial charge in [-0.1, -0.05) is 0 Å². The van der Waals surface area contributed by atoms with Crippen LogP contribution in [0.5, 0.6) is 0 Å². The van der Waals surface area contributed by atoms with Crippen molar-refractivity contribution in [2.75, 3.05) is 6.54 Å². The summed E-state index contributed by atoms with van der Waals surface area (Å²) in [5, 5.41) is 5.16. The fourth-order valence-corrected chi connectivity index (χ4v) is 1.04. The third-order valence-electron chi connectivity index (χ3n) is 1.66. The second-order valence-electron chi connectivity index (χ2n) is 4.70. The lowest BCUT2D eigenvalue weighted by Gasteiger charge is -2.20. The number of urea groups is 1. The standard InChI is InChI=1S/C10H19F3N2O/c1-9(2,3)15-8(16)14-7-5-4-6-10(11,12)13/h4-7H2,1-3H3,(H2,14,15,16). The highest BCUT2D eigenvalue weighted by molar-refractivity contribution is 5.74. The van der Waals surface area contributed by atoms with E-state index >= 15 is 0 Å². The second kappa shape index (κ2) is 5.96. The van der Waals surface area contributed by atoms with Gasteiger partial charge in [0.2, 0.25) is 0 Å². The van der Waals surface area contributed by atoms with Crippen LogP contribution in [0.2, 0.25) is 0 Å². The lowest BCUT2D eigenvalue weighted by molar-refractivity contribution is -0.135. The molecule has 0 spiro atoms. The molecule has 0 heterocycles. The summed E-state index contributed by atoms with van der Waals surface area (Å²) in [6.07, 6.45) is -4.53. The van der Waals surface area contributed by atoms with Gasteiger partial charge in [-0.05, 0) is 33.6 Å². The molecule has 0 atom stereocenters. The van der Waals surface area contributed by atoms with Crippen molar-refractivity contribution in [2.45, 2.75) is 51.7 Å². The largest absolute Gasteiger partial charge is 0.389 e. The molecule has 0 aliphatic carbocycles. The topological polar surface area (TPSA) is 41.1 Å². The summed E-state index contributed by atoms with van der Waals surface area (Å²) in [6, 6.07) is -0.348. The summed E-state index contributed by atoms with van der Waals surface area (Å²) in [4.78, 5) is 11.2. The first-order chi connectivity index (χ1) is 7.10. The van der Waals surface area contributed by atoms with Crippen LogP contribution in [0.1, 0.15) is 40.0 Å². The summed E-state index contributed by atoms with van der Waals surface area (Å²) in [7, 11) is 0. The molecule has 0 aliphatic rings. The average Bonchev–Trinajstić information content (AvgIpc) is 1.97. The van der Waals surface area contributed by atoms with E-state index in [2.05, 4.69) is 10.6 Å². The minimum Gasteiger partial charge on any atom is -0.338 e. The summed E-state index contributed by atoms with van der Waals surface area (Å²) in [5.74, 6) is 0. The lowest BCUT2D eigenvalue weighted by Crippen LogP contribution is -2.46. The van der Waals surface area contributed by atoms with Crippen LogP contribution >= 0.6 is 0 Å². The molecule has 3 nitrogen and oxygen atoms in total. The summed E-state index contributed by atoms with van der Waals surface area (Å²) >= 11 is 0. The summed E-state index contributed by atoms with van der Waals surface area (Å²) < 4.78 is 35.3. The van der Waals surface area contributed by atoms with Crippen LogP contribution in [-0.4, -0.2) is 24.3 Å². The Labute approximate surface area is 93.8 Å². The molecule has 0 saturated carbocycles. The van der Waals surface area contributed by atoms with Crippen molar-refractivity contribution in [3.8, 4) is 0 Å². The maximum Gasteiger partial charge on any atom is 0.389 e. The van der Waals surface area contributed by atoms with Crippen LogP contribution in [-0.2, 0) is 0 Å². The van der Waals surface area contributed by atoms with E-state index in [1.807, 2.05) is 20.8 Å². The van der Waals surface area contributed by atoms with E-state index in [0.717, 1.165) is 0 Å². The minimum atomic E-state index is -4.10. The fourth-order valence-electron chi connectivity index (χ4n) is 1.04. The molecule has 0 unspecified atom stereocenters. The van der Waals surface area contributed by atoms with Crippen molar-refractivity contribution in [3.05, 3.63) is 0 Å². The first-order valence-electron chi connectivity index (χ1n) is 5.23. The number of alkyl halides is 3. The quantitative estimate of drug-likeness (QED) is 0.729. The Kier molecular flexibility index (Phi) is 5.61. The van der Waals surface area contributed by atoms with Crippen LogP contribution in [0.4, 0.5) is 18.0 Å². The van der Waals surface area contributed by atoms with Gasteiger partial charge in [-0.2, -0.15) is 13.2 Å². The molecule has 0 aromatic heterocycles. The first-order valence-corrected chi connectivity index (χ1v) is 5.23. The molecule has 2 N–H and O–H groups in total. The third-order valence-corrected chi connectivity index (χ3v) is 1.66. The van der Waals surface area contributed by atoms with Crippen LogP contribution in [0.3, 0.4) is 0 Å². The molecule has 2 amide bonds. The molecule has 0 aromatic carbocycles. The SMILES string of the molecule is CC(C)(C)NC(=O)NCCCCC(F)(F)F. The predicted molar refractivity (Wildman–Crippen MR) is 56.2 cm³/mol. The van der Waals surface area contributed by atoms with E-state index in [-0.39, 0.29) is 24.5 Å². The monoisotopic (exact) mass is 240 g/mol. The Morgan fingerprint density at radius 1 is 1.12 bits per heavy atom. The van der Waals surface area contributed by atoms with Gasteiger partial charge in [0.05, 0.1) is 0 Å². The van der Waals surface area contributed by atoms with Gasteiger partial charge in [0.15, 0.2) is 0 Å². The van der Waals surface area contributed by atoms with Crippen molar-refractivity contribution < 1.29 is 18.0 Å². The molecule has 16 heavy (non-hydrogen) atoms. The zero-order valence-electron chi connectivity index (χ0n) is 9.87. The number of amides is 2. The smallest absolute Gasteiger partial charge is 0.338 e. The number of unbranched alkanes of at least 4 members (excludes halogenated alkanes) is 1. The zero-order valence-corrected chi connectivity index (χ0v) is 9.87. The number of nitrogens with one attached hydrogen (secondary N) is 2. The van der Waals surface area contributed by atoms with Gasteiger partial charge < -0.3 is 10.6 Å². The Morgan fingerprint density at radius 3 is 2.12 bits per heavy atom. The van der Waals surface area contributed by atoms with Gasteiger partial charge in [-0.3, -0.25) is 0 Å². The maximum absolute atomic E-state index is 11.8. The van der Waals surface area contributed by atoms with Crippen LogP contribution in [0, 0.1) is 0 Å². The molecular weight excluding hydrogens is 221 g/mol. The Bertz CT molecular complexity index is 221. The van der Waals surface area contributed by atoms with Crippen LogP contribution in [0.15, 0.2) is 0 Å². The molecule has 6 heteroatoms. The molecule has 0 radical (unpaired) electrons. The molecule has 0 aromatic rings. The minimum absolute atomic E-state index is 0.0410. The fraction of sp³-hybridized carbons (Fsp3) is 0.900.